The van der Waals surface area contributed by atoms with E-state index in [9.17, 15) is 0 Å². The van der Waals surface area contributed by atoms with Crippen LogP contribution < -0.4 is 10.6 Å². The zero-order chi connectivity index (χ0) is 14.2. The number of methoxy groups -OCH3 is 1. The van der Waals surface area contributed by atoms with Crippen molar-refractivity contribution in [2.45, 2.75) is 19.8 Å². The quantitative estimate of drug-likeness (QED) is 0.311. The summed E-state index contributed by atoms with van der Waals surface area (Å²) in [6.07, 6.45) is 2.14. The van der Waals surface area contributed by atoms with Gasteiger partial charge in [-0.2, -0.15) is 0 Å². The lowest BCUT2D eigenvalue weighted by Crippen LogP contribution is -2.39. The van der Waals surface area contributed by atoms with Crippen LogP contribution in [0.15, 0.2) is 4.99 Å². The Morgan fingerprint density at radius 1 is 0.947 bits per heavy atom. The molecule has 0 radical (unpaired) electrons. The topological polar surface area (TPSA) is 64.1 Å². The molecule has 0 fully saturated rings. The lowest BCUT2D eigenvalue weighted by molar-refractivity contribution is 0.0733. The van der Waals surface area contributed by atoms with E-state index in [0.29, 0.717) is 19.8 Å². The molecule has 19 heavy (non-hydrogen) atoms. The van der Waals surface area contributed by atoms with Gasteiger partial charge in [0.1, 0.15) is 0 Å². The Morgan fingerprint density at radius 2 is 1.74 bits per heavy atom. The third-order valence-corrected chi connectivity index (χ3v) is 2.41. The predicted molar refractivity (Wildman–Crippen MR) is 77.8 cm³/mol. The molecule has 2 N–H and O–H groups in total. The second-order valence-electron chi connectivity index (χ2n) is 3.93. The first-order valence-corrected chi connectivity index (χ1v) is 6.94. The number of nitrogens with zero attached hydrogens (tertiary/aromatic N) is 1. The summed E-state index contributed by atoms with van der Waals surface area (Å²) in [7, 11) is 3.43. The maximum atomic E-state index is 5.35. The van der Waals surface area contributed by atoms with Crippen LogP contribution in [0.25, 0.3) is 0 Å². The van der Waals surface area contributed by atoms with E-state index in [1.807, 2.05) is 6.92 Å². The second-order valence-corrected chi connectivity index (χ2v) is 3.93. The van der Waals surface area contributed by atoms with Crippen LogP contribution in [0.4, 0.5) is 0 Å². The molecule has 0 rings (SSSR count). The molecule has 0 atom stereocenters. The van der Waals surface area contributed by atoms with Crippen molar-refractivity contribution in [3.05, 3.63) is 0 Å². The highest BCUT2D eigenvalue weighted by Gasteiger charge is 1.96. The van der Waals surface area contributed by atoms with Crippen LogP contribution in [0.3, 0.4) is 0 Å². The van der Waals surface area contributed by atoms with Gasteiger partial charge in [0.15, 0.2) is 5.96 Å². The van der Waals surface area contributed by atoms with Gasteiger partial charge in [0, 0.05) is 40.5 Å². The van der Waals surface area contributed by atoms with E-state index in [4.69, 9.17) is 14.2 Å². The first-order chi connectivity index (χ1) is 9.35. The summed E-state index contributed by atoms with van der Waals surface area (Å²) in [5.41, 5.74) is 0. The van der Waals surface area contributed by atoms with E-state index in [0.717, 1.165) is 45.1 Å². The number of guanidine groups is 1. The molecule has 0 aliphatic rings. The van der Waals surface area contributed by atoms with Crippen molar-refractivity contribution >= 4 is 5.96 Å². The highest BCUT2D eigenvalue weighted by Crippen LogP contribution is 1.88. The van der Waals surface area contributed by atoms with Gasteiger partial charge < -0.3 is 24.8 Å². The zero-order valence-electron chi connectivity index (χ0n) is 12.5. The summed E-state index contributed by atoms with van der Waals surface area (Å²) in [5, 5.41) is 6.44. The molecule has 0 aromatic rings. The van der Waals surface area contributed by atoms with Gasteiger partial charge in [-0.1, -0.05) is 0 Å². The van der Waals surface area contributed by atoms with Crippen LogP contribution in [0.5, 0.6) is 0 Å². The van der Waals surface area contributed by atoms with E-state index in [1.54, 1.807) is 14.2 Å². The Hall–Kier alpha value is -0.850. The van der Waals surface area contributed by atoms with Gasteiger partial charge in [-0.15, -0.1) is 0 Å². The monoisotopic (exact) mass is 275 g/mol. The summed E-state index contributed by atoms with van der Waals surface area (Å²) in [6.45, 7) is 7.18. The number of rotatable bonds is 12. The van der Waals surface area contributed by atoms with Crippen molar-refractivity contribution in [2.75, 3.05) is 60.3 Å². The normalized spacial score (nSPS) is 11.6. The Labute approximate surface area is 116 Å². The van der Waals surface area contributed by atoms with Gasteiger partial charge in [-0.05, 0) is 19.8 Å². The zero-order valence-corrected chi connectivity index (χ0v) is 12.5. The van der Waals surface area contributed by atoms with Gasteiger partial charge in [0.05, 0.1) is 19.8 Å². The Kier molecular flexibility index (Phi) is 14.5. The van der Waals surface area contributed by atoms with Crippen molar-refractivity contribution in [1.82, 2.24) is 10.6 Å². The molecular formula is C13H29N3O3. The molecule has 0 unspecified atom stereocenters. The van der Waals surface area contributed by atoms with Gasteiger partial charge in [0.2, 0.25) is 0 Å². The summed E-state index contributed by atoms with van der Waals surface area (Å²) in [5.74, 6) is 0.812. The number of hydrogen-bond donors (Lipinski definition) is 2. The number of nitrogens with one attached hydrogen (secondary N) is 2. The maximum Gasteiger partial charge on any atom is 0.191 e. The second kappa shape index (κ2) is 15.2. The average molecular weight is 275 g/mol. The lowest BCUT2D eigenvalue weighted by Gasteiger charge is -2.12. The molecule has 0 amide bonds. The van der Waals surface area contributed by atoms with Crippen LogP contribution in [-0.4, -0.2) is 66.2 Å². The molecular weight excluding hydrogens is 246 g/mol. The number of ether oxygens (including phenoxy) is 3. The van der Waals surface area contributed by atoms with E-state index in [1.165, 1.54) is 0 Å². The van der Waals surface area contributed by atoms with Gasteiger partial charge in [-0.25, -0.2) is 0 Å². The molecule has 0 aliphatic heterocycles. The van der Waals surface area contributed by atoms with Crippen molar-refractivity contribution in [3.63, 3.8) is 0 Å². The van der Waals surface area contributed by atoms with Crippen LogP contribution in [0.2, 0.25) is 0 Å². The highest BCUT2D eigenvalue weighted by molar-refractivity contribution is 5.79. The summed E-state index contributed by atoms with van der Waals surface area (Å²) in [4.78, 5) is 4.14. The van der Waals surface area contributed by atoms with Crippen molar-refractivity contribution in [3.8, 4) is 0 Å². The molecule has 6 heteroatoms. The average Bonchev–Trinajstić information content (AvgIpc) is 2.44. The number of unbranched alkanes of at least 4 members (excludes halogenated alkanes) is 1. The minimum atomic E-state index is 0.627. The largest absolute Gasteiger partial charge is 0.382 e. The SMILES string of the molecule is CCOCCCCNC(=NC)NCCOCCOC. The first kappa shape index (κ1) is 18.1. The van der Waals surface area contributed by atoms with E-state index in [-0.39, 0.29) is 0 Å². The number of hydrogen-bond acceptors (Lipinski definition) is 4. The molecule has 0 saturated heterocycles. The van der Waals surface area contributed by atoms with E-state index in [2.05, 4.69) is 15.6 Å². The molecule has 0 aliphatic carbocycles. The molecule has 114 valence electrons. The Balaban J connectivity index is 3.36. The summed E-state index contributed by atoms with van der Waals surface area (Å²) >= 11 is 0. The predicted octanol–water partition coefficient (Wildman–Crippen LogP) is 0.631. The minimum absolute atomic E-state index is 0.627. The van der Waals surface area contributed by atoms with E-state index < -0.39 is 0 Å². The van der Waals surface area contributed by atoms with Gasteiger partial charge in [0.25, 0.3) is 0 Å². The summed E-state index contributed by atoms with van der Waals surface area (Å²) < 4.78 is 15.5. The third-order valence-electron chi connectivity index (χ3n) is 2.41. The molecule has 0 heterocycles. The number of aliphatic imine (C=N–C) groups is 1. The maximum absolute atomic E-state index is 5.35. The van der Waals surface area contributed by atoms with Crippen molar-refractivity contribution in [2.24, 2.45) is 4.99 Å². The van der Waals surface area contributed by atoms with Crippen LogP contribution in [0.1, 0.15) is 19.8 Å². The molecule has 0 saturated carbocycles. The molecule has 0 spiro atoms. The summed E-state index contributed by atoms with van der Waals surface area (Å²) in [6, 6.07) is 0. The smallest absolute Gasteiger partial charge is 0.191 e. The molecule has 6 nitrogen and oxygen atoms in total. The Morgan fingerprint density at radius 3 is 2.42 bits per heavy atom. The van der Waals surface area contributed by atoms with Crippen LogP contribution >= 0.6 is 0 Å². The van der Waals surface area contributed by atoms with Crippen LogP contribution in [-0.2, 0) is 14.2 Å². The third kappa shape index (κ3) is 13.4. The standard InChI is InChI=1S/C13H29N3O3/c1-4-18-9-6-5-7-15-13(14-2)16-8-10-19-12-11-17-3/h4-12H2,1-3H3,(H2,14,15,16). The molecule has 0 aromatic carbocycles. The van der Waals surface area contributed by atoms with Crippen LogP contribution in [0, 0.1) is 0 Å². The molecule has 0 aromatic heterocycles. The fraction of sp³-hybridized carbons (Fsp3) is 0.923. The minimum Gasteiger partial charge on any atom is -0.382 e. The fourth-order valence-corrected chi connectivity index (χ4v) is 1.39. The van der Waals surface area contributed by atoms with E-state index >= 15 is 0 Å². The van der Waals surface area contributed by atoms with Gasteiger partial charge >= 0.3 is 0 Å². The van der Waals surface area contributed by atoms with Gasteiger partial charge in [-0.3, -0.25) is 4.99 Å². The lowest BCUT2D eigenvalue weighted by atomic mass is 10.3. The van der Waals surface area contributed by atoms with Crippen molar-refractivity contribution < 1.29 is 14.2 Å². The first-order valence-electron chi connectivity index (χ1n) is 6.94. The molecule has 0 bridgehead atoms. The fourth-order valence-electron chi connectivity index (χ4n) is 1.39. The Bertz CT molecular complexity index is 195. The highest BCUT2D eigenvalue weighted by atomic mass is 16.5. The van der Waals surface area contributed by atoms with Crippen molar-refractivity contribution in [1.29, 1.82) is 0 Å².